The first-order chi connectivity index (χ1) is 11.0. The number of nitrogens with zero attached hydrogens (tertiary/aromatic N) is 4. The Morgan fingerprint density at radius 2 is 2.22 bits per heavy atom. The molecule has 2 aromatic rings. The van der Waals surface area contributed by atoms with Crippen LogP contribution in [0.2, 0.25) is 0 Å². The van der Waals surface area contributed by atoms with Gasteiger partial charge in [0.15, 0.2) is 5.69 Å². The van der Waals surface area contributed by atoms with Crippen molar-refractivity contribution in [2.45, 2.75) is 52.5 Å². The smallest absolute Gasteiger partial charge is 0.275 e. The summed E-state index contributed by atoms with van der Waals surface area (Å²) in [7, 11) is 0. The fourth-order valence-corrected chi connectivity index (χ4v) is 3.62. The summed E-state index contributed by atoms with van der Waals surface area (Å²) in [5.74, 6) is 0.998. The minimum Gasteiger partial charge on any atom is -0.369 e. The van der Waals surface area contributed by atoms with Crippen molar-refractivity contribution in [3.8, 4) is 0 Å². The molecule has 7 heteroatoms. The Balaban J connectivity index is 1.61. The highest BCUT2D eigenvalue weighted by Gasteiger charge is 2.32. The van der Waals surface area contributed by atoms with Crippen LogP contribution in [0.25, 0.3) is 0 Å². The van der Waals surface area contributed by atoms with Crippen LogP contribution in [-0.2, 0) is 24.2 Å². The third kappa shape index (κ3) is 2.26. The van der Waals surface area contributed by atoms with E-state index in [0.29, 0.717) is 18.8 Å². The molecule has 122 valence electrons. The van der Waals surface area contributed by atoms with Gasteiger partial charge in [-0.15, -0.1) is 0 Å². The number of H-pyrrole nitrogens is 1. The third-order valence-electron chi connectivity index (χ3n) is 4.81. The molecule has 0 saturated carbocycles. The lowest BCUT2D eigenvalue weighted by Gasteiger charge is -2.29. The van der Waals surface area contributed by atoms with Gasteiger partial charge in [0.1, 0.15) is 5.82 Å². The summed E-state index contributed by atoms with van der Waals surface area (Å²) in [6.07, 6.45) is 2.63. The van der Waals surface area contributed by atoms with Crippen molar-refractivity contribution < 1.29 is 9.53 Å². The van der Waals surface area contributed by atoms with Crippen molar-refractivity contribution >= 4 is 5.91 Å². The molecule has 0 radical (unpaired) electrons. The molecule has 23 heavy (non-hydrogen) atoms. The lowest BCUT2D eigenvalue weighted by molar-refractivity contribution is -0.00703. The number of carbonyl (C=O) groups excluding carboxylic acids is 1. The van der Waals surface area contributed by atoms with E-state index < -0.39 is 0 Å². The molecule has 0 spiro atoms. The predicted molar refractivity (Wildman–Crippen MR) is 83.0 cm³/mol. The molecule has 4 rings (SSSR count). The van der Waals surface area contributed by atoms with Crippen LogP contribution in [0.3, 0.4) is 0 Å². The zero-order valence-electron chi connectivity index (χ0n) is 13.7. The van der Waals surface area contributed by atoms with Crippen LogP contribution < -0.4 is 0 Å². The second kappa shape index (κ2) is 5.19. The molecule has 2 aromatic heterocycles. The van der Waals surface area contributed by atoms with Gasteiger partial charge in [0.05, 0.1) is 36.3 Å². The highest BCUT2D eigenvalue weighted by molar-refractivity contribution is 5.94. The van der Waals surface area contributed by atoms with E-state index in [9.17, 15) is 4.79 Å². The number of hydrogen-bond donors (Lipinski definition) is 1. The van der Waals surface area contributed by atoms with E-state index in [1.807, 2.05) is 31.9 Å². The Morgan fingerprint density at radius 1 is 1.39 bits per heavy atom. The summed E-state index contributed by atoms with van der Waals surface area (Å²) in [4.78, 5) is 19.1. The molecular weight excluding hydrogens is 294 g/mol. The molecule has 1 amide bonds. The average Bonchev–Trinajstić information content (AvgIpc) is 3.10. The van der Waals surface area contributed by atoms with Crippen LogP contribution in [0, 0.1) is 6.92 Å². The van der Waals surface area contributed by atoms with Crippen molar-refractivity contribution in [2.24, 2.45) is 0 Å². The highest BCUT2D eigenvalue weighted by Crippen LogP contribution is 2.31. The van der Waals surface area contributed by atoms with Crippen LogP contribution in [-0.4, -0.2) is 43.2 Å². The Labute approximate surface area is 134 Å². The van der Waals surface area contributed by atoms with Crippen molar-refractivity contribution in [1.29, 1.82) is 0 Å². The highest BCUT2D eigenvalue weighted by atomic mass is 16.5. The van der Waals surface area contributed by atoms with Gasteiger partial charge in [0.25, 0.3) is 5.91 Å². The van der Waals surface area contributed by atoms with E-state index >= 15 is 0 Å². The van der Waals surface area contributed by atoms with Crippen LogP contribution in [0.5, 0.6) is 0 Å². The van der Waals surface area contributed by atoms with E-state index in [0.717, 1.165) is 35.7 Å². The standard InChI is InChI=1S/C16H21N5O2/c1-9-6-13-14(10(2)23-9)18-19-15(13)16(22)20-4-5-21-11(3)17-7-12(21)8-20/h7,9-10H,4-6,8H2,1-3H3,(H,18,19)/t9-,10+/m1/s1. The maximum Gasteiger partial charge on any atom is 0.275 e. The third-order valence-corrected chi connectivity index (χ3v) is 4.81. The van der Waals surface area contributed by atoms with Crippen LogP contribution in [0.15, 0.2) is 6.20 Å². The number of ether oxygens (including phenoxy) is 1. The molecule has 0 bridgehead atoms. The Kier molecular flexibility index (Phi) is 3.26. The Hall–Kier alpha value is -2.15. The fraction of sp³-hybridized carbons (Fsp3) is 0.562. The quantitative estimate of drug-likeness (QED) is 0.867. The summed E-state index contributed by atoms with van der Waals surface area (Å²) in [5, 5.41) is 7.30. The molecule has 0 aromatic carbocycles. The Morgan fingerprint density at radius 3 is 3.04 bits per heavy atom. The first-order valence-electron chi connectivity index (χ1n) is 8.07. The average molecular weight is 315 g/mol. The number of aromatic nitrogens is 4. The topological polar surface area (TPSA) is 76.0 Å². The number of amides is 1. The van der Waals surface area contributed by atoms with E-state index in [2.05, 4.69) is 19.7 Å². The van der Waals surface area contributed by atoms with E-state index in [4.69, 9.17) is 4.74 Å². The van der Waals surface area contributed by atoms with Crippen LogP contribution in [0.1, 0.15) is 53.2 Å². The van der Waals surface area contributed by atoms with E-state index in [1.165, 1.54) is 0 Å². The monoisotopic (exact) mass is 315 g/mol. The van der Waals surface area contributed by atoms with Gasteiger partial charge in [-0.05, 0) is 20.8 Å². The molecule has 4 heterocycles. The van der Waals surface area contributed by atoms with Crippen molar-refractivity contribution in [3.05, 3.63) is 34.7 Å². The zero-order chi connectivity index (χ0) is 16.1. The predicted octanol–water partition coefficient (Wildman–Crippen LogP) is 1.59. The number of nitrogens with one attached hydrogen (secondary N) is 1. The molecule has 0 unspecified atom stereocenters. The number of hydrogen-bond acceptors (Lipinski definition) is 4. The van der Waals surface area contributed by atoms with Gasteiger partial charge >= 0.3 is 0 Å². The van der Waals surface area contributed by atoms with Crippen LogP contribution >= 0.6 is 0 Å². The number of fused-ring (bicyclic) bond motifs is 2. The van der Waals surface area contributed by atoms with Gasteiger partial charge in [-0.2, -0.15) is 5.10 Å². The van der Waals surface area contributed by atoms with E-state index in [1.54, 1.807) is 0 Å². The van der Waals surface area contributed by atoms with Gasteiger partial charge in [-0.25, -0.2) is 4.98 Å². The number of aromatic amines is 1. The summed E-state index contributed by atoms with van der Waals surface area (Å²) in [6.45, 7) is 8.07. The number of carbonyl (C=O) groups is 1. The second-order valence-electron chi connectivity index (χ2n) is 6.43. The molecule has 0 saturated heterocycles. The lowest BCUT2D eigenvalue weighted by Crippen LogP contribution is -2.39. The molecule has 1 N–H and O–H groups in total. The summed E-state index contributed by atoms with van der Waals surface area (Å²) < 4.78 is 7.96. The second-order valence-corrected chi connectivity index (χ2v) is 6.43. The van der Waals surface area contributed by atoms with Gasteiger partial charge in [0.2, 0.25) is 0 Å². The number of imidazole rings is 1. The van der Waals surface area contributed by atoms with Gasteiger partial charge in [0, 0.05) is 25.1 Å². The van der Waals surface area contributed by atoms with Gasteiger partial charge in [-0.3, -0.25) is 9.89 Å². The lowest BCUT2D eigenvalue weighted by atomic mass is 9.99. The summed E-state index contributed by atoms with van der Waals surface area (Å²) in [6, 6.07) is 0. The summed E-state index contributed by atoms with van der Waals surface area (Å²) >= 11 is 0. The normalized spacial score (nSPS) is 23.5. The minimum absolute atomic E-state index is 0.00565. The molecule has 2 atom stereocenters. The largest absolute Gasteiger partial charge is 0.369 e. The number of aryl methyl sites for hydroxylation is 1. The SMILES string of the molecule is Cc1ncc2n1CCN(C(=O)c1n[nH]c3c1C[C@@H](C)O[C@H]3C)C2. The fourth-order valence-electron chi connectivity index (χ4n) is 3.62. The molecule has 0 fully saturated rings. The molecule has 2 aliphatic rings. The maximum absolute atomic E-state index is 12.9. The minimum atomic E-state index is -0.0479. The molecular formula is C16H21N5O2. The van der Waals surface area contributed by atoms with Gasteiger partial charge < -0.3 is 14.2 Å². The van der Waals surface area contributed by atoms with Crippen molar-refractivity contribution in [1.82, 2.24) is 24.6 Å². The first-order valence-corrected chi connectivity index (χ1v) is 8.07. The molecule has 7 nitrogen and oxygen atoms in total. The zero-order valence-corrected chi connectivity index (χ0v) is 13.7. The molecule has 2 aliphatic heterocycles. The maximum atomic E-state index is 12.9. The first kappa shape index (κ1) is 14.4. The molecule has 0 aliphatic carbocycles. The summed E-state index contributed by atoms with van der Waals surface area (Å²) in [5.41, 5.74) is 3.57. The van der Waals surface area contributed by atoms with Crippen molar-refractivity contribution in [3.63, 3.8) is 0 Å². The van der Waals surface area contributed by atoms with Crippen LogP contribution in [0.4, 0.5) is 0 Å². The van der Waals surface area contributed by atoms with Gasteiger partial charge in [-0.1, -0.05) is 0 Å². The Bertz CT molecular complexity index is 763. The van der Waals surface area contributed by atoms with E-state index in [-0.39, 0.29) is 18.1 Å². The van der Waals surface area contributed by atoms with Crippen molar-refractivity contribution in [2.75, 3.05) is 6.54 Å². The number of rotatable bonds is 1.